The molecule has 1 fully saturated rings. The number of hydrogen-bond donors (Lipinski definition) is 1. The number of aliphatic hydroxyl groups excluding tert-OH is 1. The second-order valence-electron chi connectivity index (χ2n) is 1.47. The Morgan fingerprint density at radius 2 is 2.33 bits per heavy atom. The van der Waals surface area contributed by atoms with Gasteiger partial charge >= 0.3 is 0 Å². The van der Waals surface area contributed by atoms with E-state index in [4.69, 9.17) is 5.11 Å². The van der Waals surface area contributed by atoms with Crippen LogP contribution in [0, 0.1) is 0 Å². The van der Waals surface area contributed by atoms with Crippen LogP contribution in [0.25, 0.3) is 0 Å². The zero-order chi connectivity index (χ0) is 4.57. The minimum Gasteiger partial charge on any atom is -0.366 e. The number of aliphatic hydroxyl groups is 1. The predicted molar refractivity (Wildman–Crippen MR) is 21.2 cm³/mol. The van der Waals surface area contributed by atoms with Crippen LogP contribution in [-0.2, 0) is 4.74 Å². The fraction of sp³-hybridized carbons (Fsp3) is 1.00. The number of epoxide rings is 1. The van der Waals surface area contributed by atoms with E-state index in [0.717, 1.165) is 6.42 Å². The third-order valence-electron chi connectivity index (χ3n) is 0.958. The molecule has 0 aromatic carbocycles. The summed E-state index contributed by atoms with van der Waals surface area (Å²) >= 11 is 0. The Hall–Kier alpha value is -0.0800. The number of ether oxygens (including phenoxy) is 1. The molecule has 0 aromatic heterocycles. The van der Waals surface area contributed by atoms with Crippen molar-refractivity contribution in [2.45, 2.75) is 25.7 Å². The van der Waals surface area contributed by atoms with Crippen molar-refractivity contribution in [3.63, 3.8) is 0 Å². The van der Waals surface area contributed by atoms with Crippen molar-refractivity contribution >= 4 is 0 Å². The SMILES string of the molecule is CC[C@H]1O[C@H]1O. The van der Waals surface area contributed by atoms with Crippen molar-refractivity contribution < 1.29 is 9.84 Å². The van der Waals surface area contributed by atoms with Crippen LogP contribution in [0.1, 0.15) is 13.3 Å². The lowest BCUT2D eigenvalue weighted by Gasteiger charge is -1.71. The summed E-state index contributed by atoms with van der Waals surface area (Å²) in [7, 11) is 0. The van der Waals surface area contributed by atoms with Gasteiger partial charge in [-0.2, -0.15) is 0 Å². The normalized spacial score (nSPS) is 43.0. The van der Waals surface area contributed by atoms with Gasteiger partial charge in [-0.3, -0.25) is 0 Å². The molecule has 1 rings (SSSR count). The molecule has 0 radical (unpaired) electrons. The van der Waals surface area contributed by atoms with E-state index in [1.54, 1.807) is 0 Å². The average Bonchev–Trinajstić information content (AvgIpc) is 2.19. The van der Waals surface area contributed by atoms with Crippen LogP contribution in [0.15, 0.2) is 0 Å². The molecule has 0 aromatic rings. The Labute approximate surface area is 36.7 Å². The lowest BCUT2D eigenvalue weighted by Crippen LogP contribution is -1.86. The van der Waals surface area contributed by atoms with Gasteiger partial charge in [0, 0.05) is 0 Å². The topological polar surface area (TPSA) is 32.8 Å². The molecule has 0 unspecified atom stereocenters. The van der Waals surface area contributed by atoms with E-state index >= 15 is 0 Å². The minimum atomic E-state index is -0.435. The standard InChI is InChI=1S/C4H8O2/c1-2-3-4(5)6-3/h3-5H,2H2,1H3/t3-,4-/m1/s1. The molecule has 1 aliphatic heterocycles. The molecule has 2 atom stereocenters. The minimum absolute atomic E-state index is 0.157. The Morgan fingerprint density at radius 3 is 2.33 bits per heavy atom. The summed E-state index contributed by atoms with van der Waals surface area (Å²) in [6.07, 6.45) is 0.654. The summed E-state index contributed by atoms with van der Waals surface area (Å²) in [5, 5.41) is 8.40. The van der Waals surface area contributed by atoms with Crippen molar-refractivity contribution in [2.24, 2.45) is 0 Å². The van der Waals surface area contributed by atoms with Gasteiger partial charge in [0.2, 0.25) is 0 Å². The van der Waals surface area contributed by atoms with E-state index in [-0.39, 0.29) is 6.10 Å². The predicted octanol–water partition coefficient (Wildman–Crippen LogP) is 0.114. The maximum absolute atomic E-state index is 8.40. The van der Waals surface area contributed by atoms with Gasteiger partial charge in [-0.05, 0) is 6.42 Å². The van der Waals surface area contributed by atoms with E-state index in [1.807, 2.05) is 6.92 Å². The van der Waals surface area contributed by atoms with Crippen LogP contribution in [0.4, 0.5) is 0 Å². The summed E-state index contributed by atoms with van der Waals surface area (Å²) in [5.41, 5.74) is 0. The largest absolute Gasteiger partial charge is 0.366 e. The Kier molecular flexibility index (Phi) is 0.821. The molecule has 0 bridgehead atoms. The highest BCUT2D eigenvalue weighted by Gasteiger charge is 2.34. The molecule has 1 heterocycles. The van der Waals surface area contributed by atoms with E-state index < -0.39 is 6.29 Å². The molecule has 2 nitrogen and oxygen atoms in total. The quantitative estimate of drug-likeness (QED) is 0.461. The molecule has 1 aliphatic rings. The fourth-order valence-electron chi connectivity index (χ4n) is 0.432. The summed E-state index contributed by atoms with van der Waals surface area (Å²) in [5.74, 6) is 0. The Morgan fingerprint density at radius 1 is 1.83 bits per heavy atom. The lowest BCUT2D eigenvalue weighted by molar-refractivity contribution is 0.156. The molecule has 0 saturated carbocycles. The second-order valence-corrected chi connectivity index (χ2v) is 1.47. The summed E-state index contributed by atoms with van der Waals surface area (Å²) in [6, 6.07) is 0. The molecular weight excluding hydrogens is 80.0 g/mol. The maximum atomic E-state index is 8.40. The first-order chi connectivity index (χ1) is 2.84. The van der Waals surface area contributed by atoms with Crippen molar-refractivity contribution in [1.82, 2.24) is 0 Å². The fourth-order valence-corrected chi connectivity index (χ4v) is 0.432. The van der Waals surface area contributed by atoms with Crippen LogP contribution < -0.4 is 0 Å². The van der Waals surface area contributed by atoms with Crippen molar-refractivity contribution in [1.29, 1.82) is 0 Å². The Bertz CT molecular complexity index is 51.5. The van der Waals surface area contributed by atoms with Crippen LogP contribution in [0.2, 0.25) is 0 Å². The highest BCUT2D eigenvalue weighted by Crippen LogP contribution is 2.20. The maximum Gasteiger partial charge on any atom is 0.181 e. The molecular formula is C4H8O2. The molecule has 2 heteroatoms. The van der Waals surface area contributed by atoms with E-state index in [1.165, 1.54) is 0 Å². The zero-order valence-electron chi connectivity index (χ0n) is 3.72. The molecule has 0 amide bonds. The van der Waals surface area contributed by atoms with Crippen molar-refractivity contribution in [3.8, 4) is 0 Å². The first-order valence-electron chi connectivity index (χ1n) is 2.18. The molecule has 0 spiro atoms. The van der Waals surface area contributed by atoms with E-state index in [9.17, 15) is 0 Å². The van der Waals surface area contributed by atoms with E-state index in [0.29, 0.717) is 0 Å². The molecule has 36 valence electrons. The van der Waals surface area contributed by atoms with Crippen LogP contribution in [0.3, 0.4) is 0 Å². The van der Waals surface area contributed by atoms with Crippen LogP contribution in [0.5, 0.6) is 0 Å². The van der Waals surface area contributed by atoms with Gasteiger partial charge in [-0.1, -0.05) is 6.92 Å². The Balaban J connectivity index is 2.09. The first-order valence-corrected chi connectivity index (χ1v) is 2.18. The zero-order valence-corrected chi connectivity index (χ0v) is 3.72. The highest BCUT2D eigenvalue weighted by atomic mass is 16.7. The van der Waals surface area contributed by atoms with Crippen molar-refractivity contribution in [2.75, 3.05) is 0 Å². The first kappa shape index (κ1) is 4.09. The monoisotopic (exact) mass is 88.1 g/mol. The third kappa shape index (κ3) is 0.533. The average molecular weight is 88.1 g/mol. The molecule has 0 aliphatic carbocycles. The van der Waals surface area contributed by atoms with Crippen LogP contribution in [-0.4, -0.2) is 17.5 Å². The van der Waals surface area contributed by atoms with Gasteiger partial charge in [-0.25, -0.2) is 0 Å². The van der Waals surface area contributed by atoms with Crippen molar-refractivity contribution in [3.05, 3.63) is 0 Å². The number of hydrogen-bond acceptors (Lipinski definition) is 2. The van der Waals surface area contributed by atoms with Gasteiger partial charge < -0.3 is 9.84 Å². The van der Waals surface area contributed by atoms with Crippen LogP contribution >= 0.6 is 0 Å². The summed E-state index contributed by atoms with van der Waals surface area (Å²) in [4.78, 5) is 0. The van der Waals surface area contributed by atoms with Gasteiger partial charge in [0.05, 0.1) is 0 Å². The highest BCUT2D eigenvalue weighted by molar-refractivity contribution is 4.71. The third-order valence-corrected chi connectivity index (χ3v) is 0.958. The van der Waals surface area contributed by atoms with Gasteiger partial charge in [-0.15, -0.1) is 0 Å². The molecule has 6 heavy (non-hydrogen) atoms. The summed E-state index contributed by atoms with van der Waals surface area (Å²) in [6.45, 7) is 1.99. The van der Waals surface area contributed by atoms with Gasteiger partial charge in [0.25, 0.3) is 0 Å². The van der Waals surface area contributed by atoms with Gasteiger partial charge in [0.15, 0.2) is 6.29 Å². The smallest absolute Gasteiger partial charge is 0.181 e. The molecule has 1 saturated heterocycles. The lowest BCUT2D eigenvalue weighted by atomic mass is 10.4. The van der Waals surface area contributed by atoms with Gasteiger partial charge in [0.1, 0.15) is 6.10 Å². The number of rotatable bonds is 1. The van der Waals surface area contributed by atoms with E-state index in [2.05, 4.69) is 4.74 Å². The summed E-state index contributed by atoms with van der Waals surface area (Å²) < 4.78 is 4.62. The second kappa shape index (κ2) is 1.21. The molecule has 1 N–H and O–H groups in total.